The molecule has 1 unspecified atom stereocenters. The van der Waals surface area contributed by atoms with Gasteiger partial charge < -0.3 is 15.3 Å². The van der Waals surface area contributed by atoms with Crippen molar-refractivity contribution in [3.63, 3.8) is 0 Å². The highest BCUT2D eigenvalue weighted by Crippen LogP contribution is 2.06. The number of rotatable bonds is 8. The monoisotopic (exact) mass is 454 g/mol. The summed E-state index contributed by atoms with van der Waals surface area (Å²) < 4.78 is 3.89. The van der Waals surface area contributed by atoms with Crippen molar-refractivity contribution in [3.05, 3.63) is 35.9 Å². The molecule has 0 fully saturated rings. The van der Waals surface area contributed by atoms with E-state index in [1.165, 1.54) is 12.7 Å². The molecular weight excluding hydrogens is 404 g/mol. The van der Waals surface area contributed by atoms with Crippen LogP contribution in [0.25, 0.3) is 0 Å². The molecule has 6 nitrogen and oxygen atoms in total. The van der Waals surface area contributed by atoms with Gasteiger partial charge in [0.2, 0.25) is 0 Å². The van der Waals surface area contributed by atoms with Crippen LogP contribution in [0.5, 0.6) is 0 Å². The van der Waals surface area contributed by atoms with Crippen molar-refractivity contribution < 1.29 is 19.1 Å². The minimum atomic E-state index is -0.745. The molecule has 0 spiro atoms. The van der Waals surface area contributed by atoms with Crippen LogP contribution in [0.3, 0.4) is 0 Å². The lowest BCUT2D eigenvalue weighted by atomic mass is 10.0. The third-order valence-corrected chi connectivity index (χ3v) is 4.15. The standard InChI is InChI=1S/C10H21NO.C10H12O.C2H5NO2.2C2H6/c1-6-11(7-2)9(5)10(12)8(3)4;1-9(11)7-8-10-5-3-2-4-6-10;1-5-2(3)4;2*1-2/h8-9H,6-7H2,1-5H3;2-6H,7-8H2,1H3;1H3,(H2,3,4);2*1-2H3. The molecule has 32 heavy (non-hydrogen) atoms. The Bertz CT molecular complexity index is 556. The fraction of sp³-hybridized carbons (Fsp3) is 0.654. The Hall–Kier alpha value is -2.21. The van der Waals surface area contributed by atoms with Crippen LogP contribution in [0.1, 0.15) is 81.2 Å². The van der Waals surface area contributed by atoms with Crippen molar-refractivity contribution in [3.8, 4) is 0 Å². The third-order valence-electron chi connectivity index (χ3n) is 4.15. The Morgan fingerprint density at radius 3 is 1.62 bits per heavy atom. The number of benzene rings is 1. The topological polar surface area (TPSA) is 89.7 Å². The molecule has 0 radical (unpaired) electrons. The molecule has 6 heteroatoms. The number of hydrogen-bond donors (Lipinski definition) is 1. The third kappa shape index (κ3) is 24.1. The summed E-state index contributed by atoms with van der Waals surface area (Å²) in [7, 11) is 1.22. The largest absolute Gasteiger partial charge is 0.453 e. The van der Waals surface area contributed by atoms with Crippen molar-refractivity contribution in [2.75, 3.05) is 20.2 Å². The summed E-state index contributed by atoms with van der Waals surface area (Å²) in [5.74, 6) is 0.758. The van der Waals surface area contributed by atoms with E-state index in [2.05, 4.69) is 29.2 Å². The first-order chi connectivity index (χ1) is 15.1. The molecule has 0 aliphatic rings. The highest BCUT2D eigenvalue weighted by molar-refractivity contribution is 5.85. The zero-order chi connectivity index (χ0) is 26.1. The first-order valence-electron chi connectivity index (χ1n) is 11.7. The predicted octanol–water partition coefficient (Wildman–Crippen LogP) is 5.91. The number of ketones is 2. The smallest absolute Gasteiger partial charge is 0.404 e. The number of ether oxygens (including phenoxy) is 1. The molecule has 0 aliphatic carbocycles. The zero-order valence-electron chi connectivity index (χ0n) is 22.5. The normalized spacial score (nSPS) is 9.91. The van der Waals surface area contributed by atoms with Crippen LogP contribution in [-0.4, -0.2) is 48.8 Å². The number of likely N-dealkylation sites (N-methyl/N-ethyl adjacent to an activating group) is 1. The molecule has 188 valence electrons. The maximum atomic E-state index is 11.6. The minimum absolute atomic E-state index is 0.0833. The lowest BCUT2D eigenvalue weighted by Crippen LogP contribution is -2.40. The maximum Gasteiger partial charge on any atom is 0.404 e. The first kappa shape index (κ1) is 37.1. The van der Waals surface area contributed by atoms with E-state index >= 15 is 0 Å². The molecule has 0 saturated heterocycles. The summed E-state index contributed by atoms with van der Waals surface area (Å²) in [6.07, 6.45) is 0.783. The number of Topliss-reactive ketones (excluding diaryl/α,β-unsaturated/α-hetero) is 2. The molecule has 1 aromatic rings. The van der Waals surface area contributed by atoms with Crippen molar-refractivity contribution >= 4 is 17.7 Å². The number of nitrogens with zero attached hydrogens (tertiary/aromatic N) is 1. The van der Waals surface area contributed by atoms with Gasteiger partial charge in [-0.25, -0.2) is 4.79 Å². The minimum Gasteiger partial charge on any atom is -0.453 e. The van der Waals surface area contributed by atoms with Crippen molar-refractivity contribution in [2.24, 2.45) is 11.7 Å². The molecule has 0 bridgehead atoms. The van der Waals surface area contributed by atoms with Gasteiger partial charge in [0.1, 0.15) is 5.78 Å². The molecular formula is C26H50N2O4. The van der Waals surface area contributed by atoms with E-state index in [0.29, 0.717) is 12.2 Å². The predicted molar refractivity (Wildman–Crippen MR) is 137 cm³/mol. The Labute approximate surface area is 197 Å². The molecule has 1 aromatic carbocycles. The van der Waals surface area contributed by atoms with E-state index in [1.54, 1.807) is 6.92 Å². The lowest BCUT2D eigenvalue weighted by molar-refractivity contribution is -0.126. The van der Waals surface area contributed by atoms with Gasteiger partial charge >= 0.3 is 6.09 Å². The fourth-order valence-electron chi connectivity index (χ4n) is 2.40. The highest BCUT2D eigenvalue weighted by Gasteiger charge is 2.20. The molecule has 0 saturated carbocycles. The van der Waals surface area contributed by atoms with E-state index in [9.17, 15) is 14.4 Å². The van der Waals surface area contributed by atoms with Gasteiger partial charge in [0, 0.05) is 12.3 Å². The Morgan fingerprint density at radius 2 is 1.34 bits per heavy atom. The van der Waals surface area contributed by atoms with Crippen LogP contribution >= 0.6 is 0 Å². The number of carbonyl (C=O) groups excluding carboxylic acids is 3. The van der Waals surface area contributed by atoms with Crippen LogP contribution in [0, 0.1) is 5.92 Å². The van der Waals surface area contributed by atoms with Gasteiger partial charge in [0.15, 0.2) is 5.78 Å². The Balaban J connectivity index is -0.000000180. The van der Waals surface area contributed by atoms with Gasteiger partial charge in [0.05, 0.1) is 13.2 Å². The SMILES string of the molecule is CC.CC.CC(=O)CCc1ccccc1.CCN(CC)C(C)C(=O)C(C)C.COC(N)=O. The summed E-state index contributed by atoms with van der Waals surface area (Å²) in [6, 6.07) is 10.1. The van der Waals surface area contributed by atoms with Crippen molar-refractivity contribution in [2.45, 2.75) is 88.1 Å². The zero-order valence-corrected chi connectivity index (χ0v) is 22.5. The molecule has 1 rings (SSSR count). The Kier molecular flexibility index (Phi) is 31.1. The lowest BCUT2D eigenvalue weighted by Gasteiger charge is -2.26. The molecule has 0 aliphatic heterocycles. The van der Waals surface area contributed by atoms with E-state index < -0.39 is 6.09 Å². The van der Waals surface area contributed by atoms with Gasteiger partial charge in [-0.2, -0.15) is 0 Å². The number of aryl methyl sites for hydroxylation is 1. The fourth-order valence-corrected chi connectivity index (χ4v) is 2.40. The van der Waals surface area contributed by atoms with Crippen LogP contribution in [0.2, 0.25) is 0 Å². The summed E-state index contributed by atoms with van der Waals surface area (Å²) in [4.78, 5) is 33.7. The van der Waals surface area contributed by atoms with Crippen LogP contribution in [0.15, 0.2) is 30.3 Å². The van der Waals surface area contributed by atoms with Crippen LogP contribution in [-0.2, 0) is 20.7 Å². The maximum absolute atomic E-state index is 11.6. The molecule has 0 heterocycles. The molecule has 0 aromatic heterocycles. The summed E-state index contributed by atoms with van der Waals surface area (Å²) >= 11 is 0. The summed E-state index contributed by atoms with van der Waals surface area (Å²) in [5, 5.41) is 0. The van der Waals surface area contributed by atoms with Gasteiger partial charge in [-0.05, 0) is 38.9 Å². The van der Waals surface area contributed by atoms with Gasteiger partial charge in [-0.3, -0.25) is 9.69 Å². The quantitative estimate of drug-likeness (QED) is 0.527. The van der Waals surface area contributed by atoms with E-state index in [0.717, 1.165) is 19.5 Å². The Morgan fingerprint density at radius 1 is 0.938 bits per heavy atom. The number of amides is 1. The summed E-state index contributed by atoms with van der Waals surface area (Å²) in [6.45, 7) is 21.6. The molecule has 1 atom stereocenters. The van der Waals surface area contributed by atoms with E-state index in [-0.39, 0.29) is 17.7 Å². The van der Waals surface area contributed by atoms with Gasteiger partial charge in [-0.15, -0.1) is 0 Å². The van der Waals surface area contributed by atoms with Crippen molar-refractivity contribution in [1.82, 2.24) is 4.90 Å². The average molecular weight is 455 g/mol. The number of nitrogens with two attached hydrogens (primary N) is 1. The second-order valence-corrected chi connectivity index (χ2v) is 6.67. The molecule has 2 N–H and O–H groups in total. The second kappa shape index (κ2) is 26.8. The molecule has 1 amide bonds. The number of carbonyl (C=O) groups is 3. The number of primary amides is 1. The van der Waals surface area contributed by atoms with Crippen molar-refractivity contribution in [1.29, 1.82) is 0 Å². The highest BCUT2D eigenvalue weighted by atomic mass is 16.5. The summed E-state index contributed by atoms with van der Waals surface area (Å²) in [5.41, 5.74) is 5.67. The van der Waals surface area contributed by atoms with Crippen LogP contribution < -0.4 is 5.73 Å². The van der Waals surface area contributed by atoms with Gasteiger partial charge in [0.25, 0.3) is 0 Å². The second-order valence-electron chi connectivity index (χ2n) is 6.67. The number of hydrogen-bond acceptors (Lipinski definition) is 5. The van der Waals surface area contributed by atoms with E-state index in [4.69, 9.17) is 0 Å². The van der Waals surface area contributed by atoms with Gasteiger partial charge in [-0.1, -0.05) is 85.7 Å². The average Bonchev–Trinajstić information content (AvgIpc) is 2.81. The first-order valence-corrected chi connectivity index (χ1v) is 11.7. The van der Waals surface area contributed by atoms with Crippen LogP contribution in [0.4, 0.5) is 4.79 Å². The number of methoxy groups -OCH3 is 1. The van der Waals surface area contributed by atoms with E-state index in [1.807, 2.05) is 78.8 Å².